The second-order valence-electron chi connectivity index (χ2n) is 7.07. The van der Waals surface area contributed by atoms with E-state index in [1.807, 2.05) is 0 Å². The van der Waals surface area contributed by atoms with Crippen molar-refractivity contribution in [3.63, 3.8) is 0 Å². The first kappa shape index (κ1) is 16.6. The monoisotopic (exact) mass is 379 g/mol. The van der Waals surface area contributed by atoms with Gasteiger partial charge in [0.1, 0.15) is 0 Å². The normalized spacial score (nSPS) is 24.0. The number of aromatic nitrogens is 1. The third kappa shape index (κ3) is 2.60. The van der Waals surface area contributed by atoms with Gasteiger partial charge in [-0.1, -0.05) is 0 Å². The Bertz CT molecular complexity index is 897. The highest BCUT2D eigenvalue weighted by molar-refractivity contribution is 5.96. The number of hydrogen-bond donors (Lipinski definition) is 0. The molecule has 0 radical (unpaired) electrons. The molecule has 0 aliphatic carbocycles. The zero-order chi connectivity index (χ0) is 18.8. The molecule has 2 amide bonds. The number of halogens is 3. The molecule has 2 atom stereocenters. The van der Waals surface area contributed by atoms with Gasteiger partial charge in [-0.25, -0.2) is 9.78 Å². The Kier molecular flexibility index (Phi) is 3.52. The van der Waals surface area contributed by atoms with Gasteiger partial charge in [0, 0.05) is 18.7 Å². The molecule has 3 aliphatic rings. The van der Waals surface area contributed by atoms with Crippen LogP contribution in [0.3, 0.4) is 0 Å². The van der Waals surface area contributed by atoms with Crippen LogP contribution < -0.4 is 4.90 Å². The summed E-state index contributed by atoms with van der Waals surface area (Å²) in [5.41, 5.74) is 0.496. The molecule has 1 aromatic heterocycles. The summed E-state index contributed by atoms with van der Waals surface area (Å²) in [7, 11) is 0. The lowest BCUT2D eigenvalue weighted by Crippen LogP contribution is -2.48. The fraction of sp³-hybridized carbons (Fsp3) is 0.444. The van der Waals surface area contributed by atoms with Gasteiger partial charge in [0.15, 0.2) is 12.2 Å². The SMILES string of the molecule is O=C(N1CCc2c(-c3cnco3)cc(C(F)(F)F)cc21)N1CC2CC1CO2. The molecule has 1 aromatic carbocycles. The molecule has 9 heteroatoms. The Morgan fingerprint density at radius 1 is 1.30 bits per heavy atom. The minimum atomic E-state index is -4.53. The summed E-state index contributed by atoms with van der Waals surface area (Å²) < 4.78 is 51.1. The maximum Gasteiger partial charge on any atom is 0.416 e. The van der Waals surface area contributed by atoms with Gasteiger partial charge >= 0.3 is 12.2 Å². The average molecular weight is 379 g/mol. The number of alkyl halides is 3. The number of ether oxygens (including phenoxy) is 1. The molecule has 2 fully saturated rings. The van der Waals surface area contributed by atoms with Crippen molar-refractivity contribution in [1.82, 2.24) is 9.88 Å². The van der Waals surface area contributed by atoms with E-state index in [9.17, 15) is 18.0 Å². The van der Waals surface area contributed by atoms with E-state index >= 15 is 0 Å². The summed E-state index contributed by atoms with van der Waals surface area (Å²) in [5.74, 6) is 0.264. The van der Waals surface area contributed by atoms with Crippen molar-refractivity contribution in [1.29, 1.82) is 0 Å². The summed E-state index contributed by atoms with van der Waals surface area (Å²) in [4.78, 5) is 20.0. The predicted molar refractivity (Wildman–Crippen MR) is 88.2 cm³/mol. The van der Waals surface area contributed by atoms with Gasteiger partial charge < -0.3 is 14.1 Å². The summed E-state index contributed by atoms with van der Waals surface area (Å²) in [5, 5.41) is 0. The van der Waals surface area contributed by atoms with Crippen molar-refractivity contribution in [2.75, 3.05) is 24.6 Å². The lowest BCUT2D eigenvalue weighted by Gasteiger charge is -2.31. The largest absolute Gasteiger partial charge is 0.444 e. The number of amides is 2. The Labute approximate surface area is 152 Å². The Balaban J connectivity index is 1.57. The van der Waals surface area contributed by atoms with Gasteiger partial charge in [0.25, 0.3) is 0 Å². The topological polar surface area (TPSA) is 58.8 Å². The van der Waals surface area contributed by atoms with Crippen molar-refractivity contribution in [2.45, 2.75) is 31.2 Å². The Hall–Kier alpha value is -2.55. The molecule has 0 spiro atoms. The Morgan fingerprint density at radius 3 is 2.78 bits per heavy atom. The molecule has 2 aromatic rings. The third-order valence-corrected chi connectivity index (χ3v) is 5.50. The minimum absolute atomic E-state index is 0.00564. The van der Waals surface area contributed by atoms with Crippen molar-refractivity contribution in [2.24, 2.45) is 0 Å². The molecule has 6 nitrogen and oxygen atoms in total. The highest BCUT2D eigenvalue weighted by Gasteiger charge is 2.44. The van der Waals surface area contributed by atoms with Gasteiger partial charge in [-0.15, -0.1) is 0 Å². The number of morpholine rings is 1. The smallest absolute Gasteiger partial charge is 0.416 e. The highest BCUT2D eigenvalue weighted by Crippen LogP contribution is 2.43. The minimum Gasteiger partial charge on any atom is -0.444 e. The van der Waals surface area contributed by atoms with Crippen LogP contribution >= 0.6 is 0 Å². The second-order valence-corrected chi connectivity index (χ2v) is 7.07. The molecule has 4 heterocycles. The molecule has 2 bridgehead atoms. The van der Waals surface area contributed by atoms with Gasteiger partial charge in [-0.05, 0) is 30.5 Å². The standard InChI is InChI=1S/C18H16F3N3O3/c19-18(20,21)10-3-14(16-6-22-9-27-16)13-1-2-23(15(13)4-10)17(25)24-7-12-5-11(24)8-26-12/h3-4,6,9,11-12H,1-2,5,7-8H2. The maximum absolute atomic E-state index is 13.5. The average Bonchev–Trinajstić information content (AvgIpc) is 3.43. The summed E-state index contributed by atoms with van der Waals surface area (Å²) in [6.07, 6.45) is -0.668. The van der Waals surface area contributed by atoms with E-state index in [1.165, 1.54) is 17.5 Å². The molecular formula is C18H16F3N3O3. The van der Waals surface area contributed by atoms with Crippen LogP contribution in [0.4, 0.5) is 23.7 Å². The molecular weight excluding hydrogens is 363 g/mol. The van der Waals surface area contributed by atoms with Crippen molar-refractivity contribution in [3.05, 3.63) is 35.9 Å². The van der Waals surface area contributed by atoms with Crippen LogP contribution in [0.5, 0.6) is 0 Å². The number of carbonyl (C=O) groups excluding carboxylic acids is 1. The van der Waals surface area contributed by atoms with Crippen LogP contribution in [-0.4, -0.2) is 47.8 Å². The molecule has 3 aliphatic heterocycles. The lowest BCUT2D eigenvalue weighted by molar-refractivity contribution is -0.137. The van der Waals surface area contributed by atoms with Crippen LogP contribution in [-0.2, 0) is 17.3 Å². The number of anilines is 1. The quantitative estimate of drug-likeness (QED) is 0.763. The highest BCUT2D eigenvalue weighted by atomic mass is 19.4. The van der Waals surface area contributed by atoms with Crippen LogP contribution in [0.2, 0.25) is 0 Å². The number of rotatable bonds is 1. The molecule has 142 valence electrons. The number of oxazole rings is 1. The number of nitrogens with zero attached hydrogens (tertiary/aromatic N) is 3. The van der Waals surface area contributed by atoms with E-state index in [4.69, 9.17) is 9.15 Å². The van der Waals surface area contributed by atoms with Crippen molar-refractivity contribution in [3.8, 4) is 11.3 Å². The molecule has 0 saturated carbocycles. The molecule has 2 unspecified atom stereocenters. The maximum atomic E-state index is 13.5. The van der Waals surface area contributed by atoms with Crippen LogP contribution in [0, 0.1) is 0 Å². The number of hydrogen-bond acceptors (Lipinski definition) is 4. The van der Waals surface area contributed by atoms with E-state index in [-0.39, 0.29) is 23.9 Å². The first-order chi connectivity index (χ1) is 12.9. The number of urea groups is 1. The fourth-order valence-corrected chi connectivity index (χ4v) is 4.22. The molecule has 27 heavy (non-hydrogen) atoms. The summed E-state index contributed by atoms with van der Waals surface area (Å²) >= 11 is 0. The van der Waals surface area contributed by atoms with E-state index < -0.39 is 11.7 Å². The van der Waals surface area contributed by atoms with E-state index in [0.29, 0.717) is 42.9 Å². The van der Waals surface area contributed by atoms with Gasteiger partial charge in [-0.3, -0.25) is 4.90 Å². The molecule has 0 N–H and O–H groups in total. The van der Waals surface area contributed by atoms with E-state index in [1.54, 1.807) is 4.90 Å². The third-order valence-electron chi connectivity index (χ3n) is 5.50. The van der Waals surface area contributed by atoms with Crippen molar-refractivity contribution < 1.29 is 27.1 Å². The van der Waals surface area contributed by atoms with Gasteiger partial charge in [0.2, 0.25) is 0 Å². The number of benzene rings is 1. The van der Waals surface area contributed by atoms with Crippen LogP contribution in [0.1, 0.15) is 17.5 Å². The van der Waals surface area contributed by atoms with Gasteiger partial charge in [0.05, 0.1) is 36.2 Å². The zero-order valence-electron chi connectivity index (χ0n) is 14.2. The predicted octanol–water partition coefficient (Wildman–Crippen LogP) is 3.32. The second kappa shape index (κ2) is 5.72. The number of likely N-dealkylation sites (tertiary alicyclic amines) is 1. The fourth-order valence-electron chi connectivity index (χ4n) is 4.22. The number of fused-ring (bicyclic) bond motifs is 3. The first-order valence-electron chi connectivity index (χ1n) is 8.74. The number of carbonyl (C=O) groups is 1. The van der Waals surface area contributed by atoms with Crippen LogP contribution in [0.15, 0.2) is 29.1 Å². The van der Waals surface area contributed by atoms with Crippen LogP contribution in [0.25, 0.3) is 11.3 Å². The Morgan fingerprint density at radius 2 is 2.15 bits per heavy atom. The first-order valence-corrected chi connectivity index (χ1v) is 8.74. The van der Waals surface area contributed by atoms with Crippen molar-refractivity contribution >= 4 is 11.7 Å². The zero-order valence-corrected chi connectivity index (χ0v) is 14.2. The molecule has 5 rings (SSSR count). The van der Waals surface area contributed by atoms with E-state index in [2.05, 4.69) is 4.98 Å². The summed E-state index contributed by atoms with van der Waals surface area (Å²) in [6, 6.07) is 1.88. The van der Waals surface area contributed by atoms with E-state index in [0.717, 1.165) is 18.6 Å². The summed E-state index contributed by atoms with van der Waals surface area (Å²) in [6.45, 7) is 1.32. The van der Waals surface area contributed by atoms with Gasteiger partial charge in [-0.2, -0.15) is 13.2 Å². The lowest BCUT2D eigenvalue weighted by atomic mass is 9.99. The molecule has 2 saturated heterocycles.